The molecule has 0 spiro atoms. The van der Waals surface area contributed by atoms with Gasteiger partial charge < -0.3 is 9.31 Å². The second-order valence-electron chi connectivity index (χ2n) is 14.9. The molecule has 1 aromatic rings. The average molecular weight is 524 g/mol. The van der Waals surface area contributed by atoms with Gasteiger partial charge in [-0.05, 0) is 108 Å². The van der Waals surface area contributed by atoms with Gasteiger partial charge >= 0.3 is 7.12 Å². The van der Waals surface area contributed by atoms with E-state index in [0.29, 0.717) is 24.2 Å². The lowest BCUT2D eigenvalue weighted by Crippen LogP contribution is -2.45. The van der Waals surface area contributed by atoms with Gasteiger partial charge in [0.05, 0.1) is 11.2 Å². The van der Waals surface area contributed by atoms with Crippen LogP contribution in [0.5, 0.6) is 0 Å². The number of Topliss-reactive ketones (excluding diaryl/α,β-unsaturated/α-hetero) is 1. The molecular weight excluding hydrogens is 469 g/mol. The van der Waals surface area contributed by atoms with Crippen LogP contribution >= 0.6 is 0 Å². The number of hydrogen-bond acceptors (Lipinski definition) is 4. The van der Waals surface area contributed by atoms with Crippen molar-refractivity contribution in [3.63, 3.8) is 0 Å². The molecular formula is C33H54BNO3. The first-order valence-corrected chi connectivity index (χ1v) is 15.4. The Morgan fingerprint density at radius 3 is 2.24 bits per heavy atom. The molecule has 4 nitrogen and oxygen atoms in total. The fourth-order valence-corrected chi connectivity index (χ4v) is 7.10. The first kappa shape index (κ1) is 29.8. The summed E-state index contributed by atoms with van der Waals surface area (Å²) in [6, 6.07) is 9.61. The van der Waals surface area contributed by atoms with Crippen LogP contribution in [0.1, 0.15) is 124 Å². The van der Waals surface area contributed by atoms with E-state index < -0.39 is 0 Å². The smallest absolute Gasteiger partial charge is 0.403 e. The number of piperidine rings is 1. The molecule has 4 rings (SSSR count). The third-order valence-electron chi connectivity index (χ3n) is 10.2. The van der Waals surface area contributed by atoms with Crippen molar-refractivity contribution in [1.29, 1.82) is 0 Å². The van der Waals surface area contributed by atoms with Gasteiger partial charge in [0.25, 0.3) is 0 Å². The number of carbonyl (C=O) groups is 1. The predicted molar refractivity (Wildman–Crippen MR) is 158 cm³/mol. The van der Waals surface area contributed by atoms with E-state index in [-0.39, 0.29) is 29.2 Å². The van der Waals surface area contributed by atoms with Crippen LogP contribution in [0, 0.1) is 16.7 Å². The molecule has 0 bridgehead atoms. The summed E-state index contributed by atoms with van der Waals surface area (Å²) in [4.78, 5) is 16.6. The van der Waals surface area contributed by atoms with Crippen LogP contribution in [0.15, 0.2) is 24.3 Å². The normalized spacial score (nSPS) is 25.7. The van der Waals surface area contributed by atoms with E-state index in [1.54, 1.807) is 5.56 Å². The maximum absolute atomic E-state index is 13.9. The first-order valence-electron chi connectivity index (χ1n) is 15.4. The van der Waals surface area contributed by atoms with Crippen molar-refractivity contribution < 1.29 is 14.1 Å². The fourth-order valence-electron chi connectivity index (χ4n) is 7.10. The van der Waals surface area contributed by atoms with Crippen LogP contribution in [0.2, 0.25) is 6.32 Å². The summed E-state index contributed by atoms with van der Waals surface area (Å²) in [5.74, 6) is 0.936. The molecule has 2 unspecified atom stereocenters. The Morgan fingerprint density at radius 2 is 1.61 bits per heavy atom. The van der Waals surface area contributed by atoms with Gasteiger partial charge in [0, 0.05) is 17.9 Å². The van der Waals surface area contributed by atoms with Crippen LogP contribution in [0.3, 0.4) is 0 Å². The number of nitrogens with zero attached hydrogens (tertiary/aromatic N) is 1. The van der Waals surface area contributed by atoms with Crippen molar-refractivity contribution in [3.8, 4) is 0 Å². The molecule has 3 aliphatic rings. The summed E-state index contributed by atoms with van der Waals surface area (Å²) >= 11 is 0. The Hall–Kier alpha value is -1.17. The van der Waals surface area contributed by atoms with Gasteiger partial charge in [0.2, 0.25) is 0 Å². The van der Waals surface area contributed by atoms with Crippen LogP contribution in [-0.4, -0.2) is 42.1 Å². The Bertz CT molecular complexity index is 943. The Morgan fingerprint density at radius 1 is 0.974 bits per heavy atom. The standard InChI is InChI=1S/C33H54BNO3/c1-30(2,3)24-29(36)33(8,20-11-12-21-34-37-31(4,5)32(6,7)38-34)26-18-22-35(23-19-26)28-17-13-15-25-14-9-10-16-27(25)28/h9-10,14,16,26,28H,11-13,15,17-24H2,1-8H3. The lowest BCUT2D eigenvalue weighted by molar-refractivity contribution is -0.135. The number of ketones is 1. The molecule has 2 saturated heterocycles. The molecule has 2 atom stereocenters. The molecule has 0 aromatic heterocycles. The van der Waals surface area contributed by atoms with Crippen molar-refractivity contribution >= 4 is 12.9 Å². The van der Waals surface area contributed by atoms with E-state index in [1.165, 1.54) is 24.8 Å². The molecule has 0 saturated carbocycles. The van der Waals surface area contributed by atoms with E-state index in [9.17, 15) is 4.79 Å². The van der Waals surface area contributed by atoms with E-state index >= 15 is 0 Å². The van der Waals surface area contributed by atoms with E-state index in [0.717, 1.165) is 51.5 Å². The largest absolute Gasteiger partial charge is 0.457 e. The third-order valence-corrected chi connectivity index (χ3v) is 10.2. The molecule has 0 amide bonds. The molecule has 2 heterocycles. The summed E-state index contributed by atoms with van der Waals surface area (Å²) < 4.78 is 12.5. The second-order valence-corrected chi connectivity index (χ2v) is 14.9. The number of likely N-dealkylation sites (tertiary alicyclic amines) is 1. The molecule has 1 aromatic carbocycles. The van der Waals surface area contributed by atoms with Gasteiger partial charge in [0.15, 0.2) is 0 Å². The molecule has 0 N–H and O–H groups in total. The minimum Gasteiger partial charge on any atom is -0.403 e. The van der Waals surface area contributed by atoms with E-state index in [2.05, 4.69) is 84.6 Å². The highest BCUT2D eigenvalue weighted by molar-refractivity contribution is 6.45. The van der Waals surface area contributed by atoms with Crippen LogP contribution < -0.4 is 0 Å². The number of aryl methyl sites for hydroxylation is 1. The highest BCUT2D eigenvalue weighted by Crippen LogP contribution is 2.46. The molecule has 212 valence electrons. The summed E-state index contributed by atoms with van der Waals surface area (Å²) in [6.07, 6.45) is 10.6. The number of rotatable bonds is 9. The SMILES string of the molecule is CC(C)(C)CC(=O)C(C)(CCCCB1OC(C)(C)C(C)(C)O1)C1CCN(C2CCCc3ccccc32)CC1. The van der Waals surface area contributed by atoms with E-state index in [1.807, 2.05) is 0 Å². The lowest BCUT2D eigenvalue weighted by atomic mass is 9.64. The first-order chi connectivity index (χ1) is 17.7. The van der Waals surface area contributed by atoms with Crippen molar-refractivity contribution in [1.82, 2.24) is 4.90 Å². The number of hydrogen-bond donors (Lipinski definition) is 0. The molecule has 0 radical (unpaired) electrons. The monoisotopic (exact) mass is 523 g/mol. The topological polar surface area (TPSA) is 38.8 Å². The molecule has 1 aliphatic carbocycles. The van der Waals surface area contributed by atoms with Crippen LogP contribution in [-0.2, 0) is 20.5 Å². The van der Waals surface area contributed by atoms with Crippen molar-refractivity contribution in [2.24, 2.45) is 16.7 Å². The van der Waals surface area contributed by atoms with Gasteiger partial charge in [-0.25, -0.2) is 0 Å². The summed E-state index contributed by atoms with van der Waals surface area (Å²) in [7, 11) is -0.141. The van der Waals surface area contributed by atoms with Gasteiger partial charge in [-0.3, -0.25) is 9.69 Å². The maximum atomic E-state index is 13.9. The van der Waals surface area contributed by atoms with Gasteiger partial charge in [-0.15, -0.1) is 0 Å². The van der Waals surface area contributed by atoms with Crippen molar-refractivity contribution in [2.45, 2.75) is 137 Å². The average Bonchev–Trinajstić information content (AvgIpc) is 3.06. The van der Waals surface area contributed by atoms with Gasteiger partial charge in [-0.1, -0.05) is 64.8 Å². The second kappa shape index (κ2) is 11.4. The zero-order valence-electron chi connectivity index (χ0n) is 25.7. The highest BCUT2D eigenvalue weighted by Gasteiger charge is 2.50. The summed E-state index contributed by atoms with van der Waals surface area (Å²) in [6.45, 7) is 19.6. The number of fused-ring (bicyclic) bond motifs is 1. The number of carbonyl (C=O) groups excluding carboxylic acids is 1. The maximum Gasteiger partial charge on any atom is 0.457 e. The number of unbranched alkanes of at least 4 members (excludes halogenated alkanes) is 1. The Labute approximate surface area is 233 Å². The molecule has 2 fully saturated rings. The Balaban J connectivity index is 1.37. The molecule has 2 aliphatic heterocycles. The van der Waals surface area contributed by atoms with Crippen molar-refractivity contribution in [3.05, 3.63) is 35.4 Å². The van der Waals surface area contributed by atoms with Gasteiger partial charge in [0.1, 0.15) is 5.78 Å². The van der Waals surface area contributed by atoms with Crippen molar-refractivity contribution in [2.75, 3.05) is 13.1 Å². The predicted octanol–water partition coefficient (Wildman–Crippen LogP) is 8.05. The molecule has 5 heteroatoms. The zero-order valence-corrected chi connectivity index (χ0v) is 25.7. The minimum absolute atomic E-state index is 0.0214. The summed E-state index contributed by atoms with van der Waals surface area (Å²) in [5.41, 5.74) is 2.31. The fraction of sp³-hybridized carbons (Fsp3) is 0.788. The van der Waals surface area contributed by atoms with Crippen LogP contribution in [0.25, 0.3) is 0 Å². The Kier molecular flexibility index (Phi) is 8.92. The van der Waals surface area contributed by atoms with Gasteiger partial charge in [-0.2, -0.15) is 0 Å². The number of benzene rings is 1. The van der Waals surface area contributed by atoms with E-state index in [4.69, 9.17) is 9.31 Å². The lowest BCUT2D eigenvalue weighted by Gasteiger charge is -2.46. The zero-order chi connectivity index (χ0) is 27.8. The summed E-state index contributed by atoms with van der Waals surface area (Å²) in [5, 5.41) is 0. The third kappa shape index (κ3) is 6.58. The molecule has 38 heavy (non-hydrogen) atoms. The van der Waals surface area contributed by atoms with Crippen LogP contribution in [0.4, 0.5) is 0 Å². The minimum atomic E-state index is -0.276. The quantitative estimate of drug-likeness (QED) is 0.242. The highest BCUT2D eigenvalue weighted by atomic mass is 16.7.